The third-order valence-electron chi connectivity index (χ3n) is 2.74. The van der Waals surface area contributed by atoms with Gasteiger partial charge in [-0.3, -0.25) is 4.79 Å². The molecule has 0 amide bonds. The van der Waals surface area contributed by atoms with Crippen LogP contribution in [0.15, 0.2) is 34.8 Å². The van der Waals surface area contributed by atoms with Crippen molar-refractivity contribution in [2.45, 2.75) is 26.2 Å². The van der Waals surface area contributed by atoms with Crippen molar-refractivity contribution in [2.24, 2.45) is 0 Å². The van der Waals surface area contributed by atoms with Crippen molar-refractivity contribution in [1.29, 1.82) is 0 Å². The zero-order chi connectivity index (χ0) is 14.2. The molecule has 4 heteroatoms. The third-order valence-corrected chi connectivity index (χ3v) is 5.61. The highest BCUT2D eigenvalue weighted by molar-refractivity contribution is 14.1. The van der Waals surface area contributed by atoms with E-state index in [9.17, 15) is 4.79 Å². The Hall–Kier alpha value is -0.200. The second kappa shape index (κ2) is 5.66. The van der Waals surface area contributed by atoms with Gasteiger partial charge >= 0.3 is 0 Å². The fourth-order valence-corrected chi connectivity index (χ4v) is 3.60. The molecule has 0 bridgehead atoms. The first-order chi connectivity index (χ1) is 8.79. The number of hydrogen-bond donors (Lipinski definition) is 0. The van der Waals surface area contributed by atoms with Crippen LogP contribution in [0.1, 0.15) is 40.9 Å². The van der Waals surface area contributed by atoms with Crippen LogP contribution in [0.4, 0.5) is 0 Å². The summed E-state index contributed by atoms with van der Waals surface area (Å²) in [4.78, 5) is 14.6. The lowest BCUT2D eigenvalue weighted by Crippen LogP contribution is -2.08. The van der Waals surface area contributed by atoms with E-state index >= 15 is 0 Å². The van der Waals surface area contributed by atoms with Crippen LogP contribution in [0.25, 0.3) is 0 Å². The summed E-state index contributed by atoms with van der Waals surface area (Å²) in [5, 5.41) is 0. The molecule has 1 aromatic heterocycles. The molecule has 1 heterocycles. The van der Waals surface area contributed by atoms with Crippen LogP contribution in [0.3, 0.4) is 0 Å². The lowest BCUT2D eigenvalue weighted by atomic mass is 9.95. The van der Waals surface area contributed by atoms with Crippen LogP contribution in [0, 0.1) is 3.57 Å². The van der Waals surface area contributed by atoms with E-state index in [2.05, 4.69) is 65.4 Å². The van der Waals surface area contributed by atoms with E-state index in [0.29, 0.717) is 0 Å². The van der Waals surface area contributed by atoms with Gasteiger partial charge < -0.3 is 0 Å². The number of thiophene rings is 1. The molecule has 0 aliphatic rings. The summed E-state index contributed by atoms with van der Waals surface area (Å²) in [5.74, 6) is 0.0888. The van der Waals surface area contributed by atoms with Crippen LogP contribution in [-0.4, -0.2) is 5.78 Å². The summed E-state index contributed by atoms with van der Waals surface area (Å²) in [6.45, 7) is 6.48. The van der Waals surface area contributed by atoms with E-state index in [1.54, 1.807) is 11.3 Å². The molecule has 100 valence electrons. The van der Waals surface area contributed by atoms with E-state index in [1.807, 2.05) is 24.3 Å². The van der Waals surface area contributed by atoms with Crippen LogP contribution in [-0.2, 0) is 5.41 Å². The van der Waals surface area contributed by atoms with Gasteiger partial charge in [-0.1, -0.05) is 36.7 Å². The molecule has 0 aliphatic carbocycles. The first kappa shape index (κ1) is 15.2. The predicted molar refractivity (Wildman–Crippen MR) is 93.3 cm³/mol. The first-order valence-corrected chi connectivity index (χ1v) is 8.58. The second-order valence-corrected chi connectivity index (χ2v) is 8.55. The van der Waals surface area contributed by atoms with Crippen molar-refractivity contribution in [3.8, 4) is 0 Å². The normalized spacial score (nSPS) is 11.6. The maximum absolute atomic E-state index is 12.5. The highest BCUT2D eigenvalue weighted by Gasteiger charge is 2.20. The molecule has 0 spiro atoms. The summed E-state index contributed by atoms with van der Waals surface area (Å²) in [7, 11) is 0. The Morgan fingerprint density at radius 2 is 1.89 bits per heavy atom. The molecular formula is C15H14BrIOS. The highest BCUT2D eigenvalue weighted by Crippen LogP contribution is 2.32. The molecule has 19 heavy (non-hydrogen) atoms. The number of carbonyl (C=O) groups excluding carboxylic acids is 1. The molecule has 2 aromatic rings. The van der Waals surface area contributed by atoms with Gasteiger partial charge in [0.15, 0.2) is 0 Å². The summed E-state index contributed by atoms with van der Waals surface area (Å²) in [5.41, 5.74) is 0.820. The molecule has 0 N–H and O–H groups in total. The molecule has 0 radical (unpaired) electrons. The molecule has 1 nitrogen and oxygen atoms in total. The van der Waals surface area contributed by atoms with Crippen molar-refractivity contribution in [2.75, 3.05) is 0 Å². The van der Waals surface area contributed by atoms with Gasteiger partial charge in [-0.05, 0) is 58.3 Å². The summed E-state index contributed by atoms with van der Waals surface area (Å²) < 4.78 is 1.92. The van der Waals surface area contributed by atoms with Gasteiger partial charge in [0.2, 0.25) is 5.78 Å². The minimum absolute atomic E-state index is 0.0888. The Balaban J connectivity index is 2.39. The standard InChI is InChI=1S/C15H14BrIOS/c1-15(2,3)13-7-6-12(19-13)14(18)10-8-9(17)4-5-11(10)16/h4-8H,1-3H3. The summed E-state index contributed by atoms with van der Waals surface area (Å²) in [6, 6.07) is 9.81. The van der Waals surface area contributed by atoms with Crippen molar-refractivity contribution < 1.29 is 4.79 Å². The second-order valence-electron chi connectivity index (χ2n) is 5.37. The molecule has 2 rings (SSSR count). The predicted octanol–water partition coefficient (Wildman–Crippen LogP) is 5.64. The first-order valence-electron chi connectivity index (χ1n) is 5.89. The Morgan fingerprint density at radius 1 is 1.21 bits per heavy atom. The van der Waals surface area contributed by atoms with E-state index in [0.717, 1.165) is 18.5 Å². The largest absolute Gasteiger partial charge is 0.288 e. The van der Waals surface area contributed by atoms with Crippen molar-refractivity contribution in [3.05, 3.63) is 53.7 Å². The van der Waals surface area contributed by atoms with Gasteiger partial charge in [0.05, 0.1) is 4.88 Å². The maximum Gasteiger partial charge on any atom is 0.204 e. The number of carbonyl (C=O) groups is 1. The zero-order valence-corrected chi connectivity index (χ0v) is 15.5. The van der Waals surface area contributed by atoms with Crippen molar-refractivity contribution in [1.82, 2.24) is 0 Å². The van der Waals surface area contributed by atoms with Gasteiger partial charge in [-0.2, -0.15) is 0 Å². The van der Waals surface area contributed by atoms with Crippen molar-refractivity contribution in [3.63, 3.8) is 0 Å². The zero-order valence-electron chi connectivity index (χ0n) is 11.0. The molecule has 0 aliphatic heterocycles. The Bertz CT molecular complexity index is 625. The monoisotopic (exact) mass is 448 g/mol. The van der Waals surface area contributed by atoms with E-state index in [4.69, 9.17) is 0 Å². The Labute approximate surface area is 139 Å². The molecule has 0 saturated carbocycles. The fourth-order valence-electron chi connectivity index (χ4n) is 1.67. The minimum Gasteiger partial charge on any atom is -0.288 e. The van der Waals surface area contributed by atoms with Crippen LogP contribution in [0.5, 0.6) is 0 Å². The van der Waals surface area contributed by atoms with Gasteiger partial charge in [-0.25, -0.2) is 0 Å². The Morgan fingerprint density at radius 3 is 2.47 bits per heavy atom. The Kier molecular flexibility index (Phi) is 4.52. The van der Waals surface area contributed by atoms with Crippen LogP contribution < -0.4 is 0 Å². The number of ketones is 1. The molecule has 0 atom stereocenters. The number of rotatable bonds is 2. The summed E-state index contributed by atoms with van der Waals surface area (Å²) in [6.07, 6.45) is 0. The topological polar surface area (TPSA) is 17.1 Å². The third kappa shape index (κ3) is 3.47. The van der Waals surface area contributed by atoms with Crippen molar-refractivity contribution >= 4 is 55.6 Å². The van der Waals surface area contributed by atoms with Crippen LogP contribution >= 0.6 is 49.9 Å². The van der Waals surface area contributed by atoms with Gasteiger partial charge in [0, 0.05) is 18.5 Å². The smallest absolute Gasteiger partial charge is 0.204 e. The molecule has 0 fully saturated rings. The quantitative estimate of drug-likeness (QED) is 0.429. The number of hydrogen-bond acceptors (Lipinski definition) is 2. The molecule has 0 unspecified atom stereocenters. The van der Waals surface area contributed by atoms with Gasteiger partial charge in [-0.15, -0.1) is 11.3 Å². The summed E-state index contributed by atoms with van der Waals surface area (Å²) >= 11 is 7.26. The van der Waals surface area contributed by atoms with E-state index < -0.39 is 0 Å². The molecular weight excluding hydrogens is 435 g/mol. The SMILES string of the molecule is CC(C)(C)c1ccc(C(=O)c2cc(I)ccc2Br)s1. The van der Waals surface area contributed by atoms with E-state index in [-0.39, 0.29) is 11.2 Å². The molecule has 0 saturated heterocycles. The van der Waals surface area contributed by atoms with Gasteiger partial charge in [0.25, 0.3) is 0 Å². The average molecular weight is 449 g/mol. The lowest BCUT2D eigenvalue weighted by molar-refractivity contribution is 0.104. The van der Waals surface area contributed by atoms with Gasteiger partial charge in [0.1, 0.15) is 0 Å². The minimum atomic E-state index is 0.0888. The maximum atomic E-state index is 12.5. The fraction of sp³-hybridized carbons (Fsp3) is 0.267. The lowest BCUT2D eigenvalue weighted by Gasteiger charge is -2.15. The highest BCUT2D eigenvalue weighted by atomic mass is 127. The van der Waals surface area contributed by atoms with Crippen LogP contribution in [0.2, 0.25) is 0 Å². The van der Waals surface area contributed by atoms with E-state index in [1.165, 1.54) is 4.88 Å². The average Bonchev–Trinajstić information content (AvgIpc) is 2.80. The number of halogens is 2. The number of benzene rings is 1. The molecule has 1 aromatic carbocycles.